The van der Waals surface area contributed by atoms with E-state index in [0.29, 0.717) is 32.8 Å². The number of amides is 1. The van der Waals surface area contributed by atoms with Gasteiger partial charge in [0.25, 0.3) is 0 Å². The molecule has 2 fully saturated rings. The monoisotopic (exact) mass is 381 g/mol. The van der Waals surface area contributed by atoms with Gasteiger partial charge in [-0.2, -0.15) is 4.98 Å². The Morgan fingerprint density at radius 1 is 0.964 bits per heavy atom. The summed E-state index contributed by atoms with van der Waals surface area (Å²) in [7, 11) is 0. The Morgan fingerprint density at radius 3 is 2.36 bits per heavy atom. The molecule has 7 nitrogen and oxygen atoms in total. The number of carbonyl (C=O) groups excluding carboxylic acids is 1. The number of nitrogens with zero attached hydrogens (tertiary/aromatic N) is 5. The van der Waals surface area contributed by atoms with Gasteiger partial charge in [-0.3, -0.25) is 0 Å². The van der Waals surface area contributed by atoms with Gasteiger partial charge < -0.3 is 19.4 Å². The Balaban J connectivity index is 1.58. The largest absolute Gasteiger partial charge is 0.450 e. The van der Waals surface area contributed by atoms with Crippen LogP contribution in [0.5, 0.6) is 0 Å². The molecule has 2 aliphatic rings. The van der Waals surface area contributed by atoms with E-state index in [9.17, 15) is 4.79 Å². The molecule has 28 heavy (non-hydrogen) atoms. The minimum absolute atomic E-state index is 0.237. The Bertz CT molecular complexity index is 800. The lowest BCUT2D eigenvalue weighted by Gasteiger charge is -2.34. The molecule has 2 saturated heterocycles. The molecule has 0 aliphatic carbocycles. The van der Waals surface area contributed by atoms with Crippen LogP contribution in [0.1, 0.15) is 19.8 Å². The molecular formula is C21H27N5O2. The van der Waals surface area contributed by atoms with E-state index in [1.807, 2.05) is 25.1 Å². The Kier molecular flexibility index (Phi) is 5.60. The number of carbonyl (C=O) groups is 1. The number of aromatic nitrogens is 2. The van der Waals surface area contributed by atoms with Crippen LogP contribution in [0, 0.1) is 0 Å². The molecule has 2 aliphatic heterocycles. The summed E-state index contributed by atoms with van der Waals surface area (Å²) in [6, 6.07) is 12.3. The van der Waals surface area contributed by atoms with Crippen molar-refractivity contribution in [1.29, 1.82) is 0 Å². The van der Waals surface area contributed by atoms with Crippen LogP contribution < -0.4 is 9.80 Å². The summed E-state index contributed by atoms with van der Waals surface area (Å²) in [4.78, 5) is 28.0. The first-order valence-electron chi connectivity index (χ1n) is 10.1. The third-order valence-corrected chi connectivity index (χ3v) is 5.29. The van der Waals surface area contributed by atoms with Crippen molar-refractivity contribution in [3.8, 4) is 11.3 Å². The van der Waals surface area contributed by atoms with Crippen molar-refractivity contribution in [2.75, 3.05) is 55.7 Å². The highest BCUT2D eigenvalue weighted by Gasteiger charge is 2.25. The maximum Gasteiger partial charge on any atom is 0.409 e. The van der Waals surface area contributed by atoms with E-state index < -0.39 is 0 Å². The SMILES string of the molecule is CCOC(=O)N1CCN(c2nc(-c3ccccc3)cc(N3CCCC3)n2)CC1. The third kappa shape index (κ3) is 4.03. The number of hydrogen-bond acceptors (Lipinski definition) is 6. The van der Waals surface area contributed by atoms with Gasteiger partial charge in [-0.15, -0.1) is 0 Å². The summed E-state index contributed by atoms with van der Waals surface area (Å²) in [5.74, 6) is 1.74. The zero-order valence-corrected chi connectivity index (χ0v) is 16.4. The Labute approximate surface area is 165 Å². The van der Waals surface area contributed by atoms with Gasteiger partial charge in [0.2, 0.25) is 5.95 Å². The van der Waals surface area contributed by atoms with Gasteiger partial charge in [-0.05, 0) is 19.8 Å². The standard InChI is InChI=1S/C21H27N5O2/c1-2-28-21(27)26-14-12-25(13-15-26)20-22-18(17-8-4-3-5-9-17)16-19(23-20)24-10-6-7-11-24/h3-5,8-9,16H,2,6-7,10-15H2,1H3. The van der Waals surface area contributed by atoms with Crippen LogP contribution in [0.25, 0.3) is 11.3 Å². The molecule has 0 N–H and O–H groups in total. The molecular weight excluding hydrogens is 354 g/mol. The fourth-order valence-corrected chi connectivity index (χ4v) is 3.73. The third-order valence-electron chi connectivity index (χ3n) is 5.29. The van der Waals surface area contributed by atoms with E-state index in [1.54, 1.807) is 4.90 Å². The van der Waals surface area contributed by atoms with E-state index in [1.165, 1.54) is 12.8 Å². The van der Waals surface area contributed by atoms with Gasteiger partial charge in [-0.1, -0.05) is 30.3 Å². The Morgan fingerprint density at radius 2 is 1.68 bits per heavy atom. The summed E-state index contributed by atoms with van der Waals surface area (Å²) < 4.78 is 5.12. The first-order valence-corrected chi connectivity index (χ1v) is 10.1. The van der Waals surface area contributed by atoms with Crippen molar-refractivity contribution >= 4 is 17.9 Å². The van der Waals surface area contributed by atoms with Crippen molar-refractivity contribution in [2.24, 2.45) is 0 Å². The van der Waals surface area contributed by atoms with E-state index in [-0.39, 0.29) is 6.09 Å². The smallest absolute Gasteiger partial charge is 0.409 e. The molecule has 7 heteroatoms. The molecule has 3 heterocycles. The number of ether oxygens (including phenoxy) is 1. The van der Waals surface area contributed by atoms with Gasteiger partial charge in [0.15, 0.2) is 0 Å². The lowest BCUT2D eigenvalue weighted by molar-refractivity contribution is 0.105. The average Bonchev–Trinajstić information content (AvgIpc) is 3.29. The molecule has 0 spiro atoms. The van der Waals surface area contributed by atoms with Crippen LogP contribution in [-0.4, -0.2) is 66.8 Å². The second kappa shape index (κ2) is 8.46. The number of rotatable bonds is 4. The van der Waals surface area contributed by atoms with E-state index in [2.05, 4.69) is 28.0 Å². The highest BCUT2D eigenvalue weighted by molar-refractivity contribution is 5.68. The Hall–Kier alpha value is -2.83. The van der Waals surface area contributed by atoms with Crippen molar-refractivity contribution < 1.29 is 9.53 Å². The molecule has 1 amide bonds. The summed E-state index contributed by atoms with van der Waals surface area (Å²) in [5, 5.41) is 0. The minimum atomic E-state index is -0.237. The molecule has 0 atom stereocenters. The summed E-state index contributed by atoms with van der Waals surface area (Å²) >= 11 is 0. The number of piperazine rings is 1. The fraction of sp³-hybridized carbons (Fsp3) is 0.476. The predicted molar refractivity (Wildman–Crippen MR) is 110 cm³/mol. The summed E-state index contributed by atoms with van der Waals surface area (Å²) in [5.41, 5.74) is 2.04. The minimum Gasteiger partial charge on any atom is -0.450 e. The normalized spacial score (nSPS) is 17.1. The molecule has 0 saturated carbocycles. The second-order valence-electron chi connectivity index (χ2n) is 7.14. The zero-order chi connectivity index (χ0) is 19.3. The highest BCUT2D eigenvalue weighted by Crippen LogP contribution is 2.27. The molecule has 148 valence electrons. The number of benzene rings is 1. The van der Waals surface area contributed by atoms with Crippen LogP contribution >= 0.6 is 0 Å². The first-order chi connectivity index (χ1) is 13.7. The van der Waals surface area contributed by atoms with E-state index >= 15 is 0 Å². The molecule has 0 unspecified atom stereocenters. The fourth-order valence-electron chi connectivity index (χ4n) is 3.73. The lowest BCUT2D eigenvalue weighted by atomic mass is 10.1. The van der Waals surface area contributed by atoms with Gasteiger partial charge in [0.1, 0.15) is 5.82 Å². The predicted octanol–water partition coefficient (Wildman–Crippen LogP) is 3.02. The molecule has 2 aromatic rings. The number of anilines is 2. The van der Waals surface area contributed by atoms with Crippen LogP contribution in [0.15, 0.2) is 36.4 Å². The molecule has 1 aromatic heterocycles. The van der Waals surface area contributed by atoms with Crippen molar-refractivity contribution in [3.63, 3.8) is 0 Å². The zero-order valence-electron chi connectivity index (χ0n) is 16.4. The van der Waals surface area contributed by atoms with Gasteiger partial charge in [0, 0.05) is 50.9 Å². The average molecular weight is 381 g/mol. The highest BCUT2D eigenvalue weighted by atomic mass is 16.6. The van der Waals surface area contributed by atoms with E-state index in [4.69, 9.17) is 14.7 Å². The van der Waals surface area contributed by atoms with Gasteiger partial charge in [0.05, 0.1) is 12.3 Å². The first kappa shape index (κ1) is 18.5. The maximum atomic E-state index is 12.0. The summed E-state index contributed by atoms with van der Waals surface area (Å²) in [6.45, 7) is 6.97. The van der Waals surface area contributed by atoms with Crippen LogP contribution in [0.4, 0.5) is 16.6 Å². The topological polar surface area (TPSA) is 61.8 Å². The number of hydrogen-bond donors (Lipinski definition) is 0. The quantitative estimate of drug-likeness (QED) is 0.811. The summed E-state index contributed by atoms with van der Waals surface area (Å²) in [6.07, 6.45) is 2.18. The van der Waals surface area contributed by atoms with Crippen LogP contribution in [0.3, 0.4) is 0 Å². The van der Waals surface area contributed by atoms with Crippen LogP contribution in [0.2, 0.25) is 0 Å². The molecule has 0 radical (unpaired) electrons. The second-order valence-corrected chi connectivity index (χ2v) is 7.14. The van der Waals surface area contributed by atoms with Crippen molar-refractivity contribution in [2.45, 2.75) is 19.8 Å². The maximum absolute atomic E-state index is 12.0. The van der Waals surface area contributed by atoms with Crippen LogP contribution in [-0.2, 0) is 4.74 Å². The van der Waals surface area contributed by atoms with E-state index in [0.717, 1.165) is 36.1 Å². The van der Waals surface area contributed by atoms with Gasteiger partial charge in [-0.25, -0.2) is 9.78 Å². The van der Waals surface area contributed by atoms with Gasteiger partial charge >= 0.3 is 6.09 Å². The molecule has 1 aromatic carbocycles. The van der Waals surface area contributed by atoms with Crippen molar-refractivity contribution in [1.82, 2.24) is 14.9 Å². The molecule has 0 bridgehead atoms. The van der Waals surface area contributed by atoms with Crippen molar-refractivity contribution in [3.05, 3.63) is 36.4 Å². The lowest BCUT2D eigenvalue weighted by Crippen LogP contribution is -2.49. The molecule has 4 rings (SSSR count).